The van der Waals surface area contributed by atoms with E-state index in [0.717, 1.165) is 15.8 Å². The second kappa shape index (κ2) is 6.33. The largest absolute Gasteiger partial charge is 0.383 e. The van der Waals surface area contributed by atoms with E-state index >= 15 is 0 Å². The number of terminal acetylenes is 1. The number of fused-ring (bicyclic) bond motifs is 1. The van der Waals surface area contributed by atoms with Crippen molar-refractivity contribution < 1.29 is 4.79 Å². The zero-order valence-corrected chi connectivity index (χ0v) is 13.7. The third kappa shape index (κ3) is 3.28. The molecule has 0 fully saturated rings. The van der Waals surface area contributed by atoms with Crippen LogP contribution in [0.5, 0.6) is 0 Å². The molecule has 0 saturated carbocycles. The van der Waals surface area contributed by atoms with Gasteiger partial charge in [-0.25, -0.2) is 9.97 Å². The van der Waals surface area contributed by atoms with E-state index in [-0.39, 0.29) is 17.7 Å². The van der Waals surface area contributed by atoms with Crippen molar-refractivity contribution in [3.8, 4) is 12.3 Å². The molecular formula is C14H16N4OS2. The van der Waals surface area contributed by atoms with Gasteiger partial charge in [0.2, 0.25) is 5.91 Å². The molecule has 0 aliphatic carbocycles. The van der Waals surface area contributed by atoms with E-state index < -0.39 is 0 Å². The summed E-state index contributed by atoms with van der Waals surface area (Å²) >= 11 is 2.85. The number of nitrogens with two attached hydrogens (primary N) is 1. The summed E-state index contributed by atoms with van der Waals surface area (Å²) in [7, 11) is 0. The molecule has 2 aromatic rings. The van der Waals surface area contributed by atoms with Gasteiger partial charge in [-0.3, -0.25) is 4.79 Å². The first-order valence-electron chi connectivity index (χ1n) is 6.35. The summed E-state index contributed by atoms with van der Waals surface area (Å²) in [6.07, 6.45) is 5.12. The molecule has 0 spiro atoms. The Morgan fingerprint density at radius 1 is 1.52 bits per heavy atom. The van der Waals surface area contributed by atoms with Crippen molar-refractivity contribution in [2.24, 2.45) is 0 Å². The molecule has 0 aliphatic heterocycles. The second-order valence-electron chi connectivity index (χ2n) is 4.54. The van der Waals surface area contributed by atoms with E-state index in [1.807, 2.05) is 13.8 Å². The monoisotopic (exact) mass is 320 g/mol. The zero-order valence-electron chi connectivity index (χ0n) is 12.1. The minimum Gasteiger partial charge on any atom is -0.383 e. The number of amides is 1. The molecule has 5 nitrogen and oxygen atoms in total. The molecule has 0 bridgehead atoms. The van der Waals surface area contributed by atoms with Crippen LogP contribution >= 0.6 is 23.1 Å². The molecule has 2 heterocycles. The SMILES string of the molecule is C#CCNC(=O)C(C)Sc1nc(N)c2c(C)c(C)sc2n1. The van der Waals surface area contributed by atoms with Gasteiger partial charge in [-0.05, 0) is 26.3 Å². The van der Waals surface area contributed by atoms with E-state index in [1.165, 1.54) is 16.6 Å². The number of carbonyl (C=O) groups is 1. The number of anilines is 1. The second-order valence-corrected chi connectivity index (χ2v) is 7.05. The van der Waals surface area contributed by atoms with Crippen LogP contribution < -0.4 is 11.1 Å². The van der Waals surface area contributed by atoms with Gasteiger partial charge in [-0.2, -0.15) is 0 Å². The Kier molecular flexibility index (Phi) is 4.70. The van der Waals surface area contributed by atoms with Crippen molar-refractivity contribution in [3.63, 3.8) is 0 Å². The summed E-state index contributed by atoms with van der Waals surface area (Å²) in [5.74, 6) is 2.69. The fourth-order valence-electron chi connectivity index (χ4n) is 1.81. The molecule has 2 aromatic heterocycles. The van der Waals surface area contributed by atoms with Crippen LogP contribution in [0, 0.1) is 26.2 Å². The van der Waals surface area contributed by atoms with Gasteiger partial charge in [0.25, 0.3) is 0 Å². The summed E-state index contributed by atoms with van der Waals surface area (Å²) < 4.78 is 0. The Bertz CT molecular complexity index is 733. The number of carbonyl (C=O) groups excluding carboxylic acids is 1. The van der Waals surface area contributed by atoms with Gasteiger partial charge < -0.3 is 11.1 Å². The average Bonchev–Trinajstić information content (AvgIpc) is 2.71. The number of nitrogens with zero attached hydrogens (tertiary/aromatic N) is 2. The Morgan fingerprint density at radius 2 is 2.24 bits per heavy atom. The maximum Gasteiger partial charge on any atom is 0.234 e. The van der Waals surface area contributed by atoms with Crippen LogP contribution in [-0.4, -0.2) is 27.7 Å². The summed E-state index contributed by atoms with van der Waals surface area (Å²) in [6, 6.07) is 0. The van der Waals surface area contributed by atoms with Crippen molar-refractivity contribution in [2.75, 3.05) is 12.3 Å². The molecule has 21 heavy (non-hydrogen) atoms. The molecule has 1 atom stereocenters. The van der Waals surface area contributed by atoms with Crippen molar-refractivity contribution in [2.45, 2.75) is 31.2 Å². The first kappa shape index (κ1) is 15.6. The fraction of sp³-hybridized carbons (Fsp3) is 0.357. The molecule has 2 rings (SSSR count). The van der Waals surface area contributed by atoms with Crippen LogP contribution in [0.4, 0.5) is 5.82 Å². The molecule has 0 aliphatic rings. The minimum atomic E-state index is -0.336. The number of hydrogen-bond donors (Lipinski definition) is 2. The van der Waals surface area contributed by atoms with Crippen LogP contribution in [0.1, 0.15) is 17.4 Å². The number of thioether (sulfide) groups is 1. The van der Waals surface area contributed by atoms with Crippen LogP contribution in [0.15, 0.2) is 5.16 Å². The number of aromatic nitrogens is 2. The van der Waals surface area contributed by atoms with Gasteiger partial charge in [0.05, 0.1) is 17.2 Å². The van der Waals surface area contributed by atoms with Crippen LogP contribution in [0.3, 0.4) is 0 Å². The van der Waals surface area contributed by atoms with Gasteiger partial charge in [0.15, 0.2) is 5.16 Å². The molecule has 1 amide bonds. The number of aryl methyl sites for hydroxylation is 2. The summed E-state index contributed by atoms with van der Waals surface area (Å²) in [5.41, 5.74) is 7.13. The first-order valence-corrected chi connectivity index (χ1v) is 8.04. The summed E-state index contributed by atoms with van der Waals surface area (Å²) in [6.45, 7) is 6.04. The maximum atomic E-state index is 11.8. The number of nitrogens with one attached hydrogen (secondary N) is 1. The van der Waals surface area contributed by atoms with E-state index in [1.54, 1.807) is 18.3 Å². The van der Waals surface area contributed by atoms with Crippen molar-refractivity contribution in [1.29, 1.82) is 0 Å². The molecule has 110 valence electrons. The standard InChI is InChI=1S/C14H16N4OS2/c1-5-6-16-12(19)9(4)21-14-17-11(15)10-7(2)8(3)20-13(10)18-14/h1,9H,6H2,2-4H3,(H,16,19)(H2,15,17,18). The highest BCUT2D eigenvalue weighted by molar-refractivity contribution is 8.00. The third-order valence-electron chi connectivity index (χ3n) is 3.05. The Labute approximate surface area is 131 Å². The highest BCUT2D eigenvalue weighted by Gasteiger charge is 2.18. The lowest BCUT2D eigenvalue weighted by Crippen LogP contribution is -2.31. The molecule has 0 radical (unpaired) electrons. The third-order valence-corrected chi connectivity index (χ3v) is 5.11. The van der Waals surface area contributed by atoms with Gasteiger partial charge in [0.1, 0.15) is 10.6 Å². The normalized spacial score (nSPS) is 12.1. The Morgan fingerprint density at radius 3 is 2.90 bits per heavy atom. The van der Waals surface area contributed by atoms with Crippen LogP contribution in [0.25, 0.3) is 10.2 Å². The lowest BCUT2D eigenvalue weighted by molar-refractivity contribution is -0.120. The Hall–Kier alpha value is -1.78. The number of hydrogen-bond acceptors (Lipinski definition) is 6. The van der Waals surface area contributed by atoms with Crippen molar-refractivity contribution in [1.82, 2.24) is 15.3 Å². The van der Waals surface area contributed by atoms with Gasteiger partial charge in [-0.15, -0.1) is 17.8 Å². The van der Waals surface area contributed by atoms with E-state index in [9.17, 15) is 4.79 Å². The molecule has 0 saturated heterocycles. The summed E-state index contributed by atoms with van der Waals surface area (Å²) in [5, 5.41) is 3.71. The zero-order chi connectivity index (χ0) is 15.6. The fourth-order valence-corrected chi connectivity index (χ4v) is 3.70. The smallest absolute Gasteiger partial charge is 0.234 e. The van der Waals surface area contributed by atoms with E-state index in [2.05, 4.69) is 21.2 Å². The van der Waals surface area contributed by atoms with Crippen LogP contribution in [0.2, 0.25) is 0 Å². The average molecular weight is 320 g/mol. The van der Waals surface area contributed by atoms with E-state index in [4.69, 9.17) is 12.2 Å². The highest BCUT2D eigenvalue weighted by Crippen LogP contribution is 2.34. The summed E-state index contributed by atoms with van der Waals surface area (Å²) in [4.78, 5) is 22.6. The van der Waals surface area contributed by atoms with Gasteiger partial charge in [-0.1, -0.05) is 17.7 Å². The quantitative estimate of drug-likeness (QED) is 0.512. The first-order chi connectivity index (χ1) is 9.93. The van der Waals surface area contributed by atoms with Crippen LogP contribution in [-0.2, 0) is 4.79 Å². The molecule has 3 N–H and O–H groups in total. The Balaban J connectivity index is 2.24. The lowest BCUT2D eigenvalue weighted by atomic mass is 10.2. The predicted octanol–water partition coefficient (Wildman–Crippen LogP) is 2.12. The van der Waals surface area contributed by atoms with Crippen molar-refractivity contribution >= 4 is 45.0 Å². The van der Waals surface area contributed by atoms with Gasteiger partial charge >= 0.3 is 0 Å². The lowest BCUT2D eigenvalue weighted by Gasteiger charge is -2.09. The topological polar surface area (TPSA) is 80.9 Å². The molecular weight excluding hydrogens is 304 g/mol. The van der Waals surface area contributed by atoms with Gasteiger partial charge in [0, 0.05) is 4.88 Å². The van der Waals surface area contributed by atoms with Crippen molar-refractivity contribution in [3.05, 3.63) is 10.4 Å². The number of rotatable bonds is 4. The number of thiophene rings is 1. The minimum absolute atomic E-state index is 0.140. The molecule has 7 heteroatoms. The number of nitrogen functional groups attached to an aromatic ring is 1. The predicted molar refractivity (Wildman–Crippen MR) is 88.5 cm³/mol. The molecule has 0 aromatic carbocycles. The maximum absolute atomic E-state index is 11.8. The van der Waals surface area contributed by atoms with E-state index in [0.29, 0.717) is 11.0 Å². The molecule has 1 unspecified atom stereocenters. The highest BCUT2D eigenvalue weighted by atomic mass is 32.2.